The van der Waals surface area contributed by atoms with Gasteiger partial charge in [-0.25, -0.2) is 14.6 Å². The van der Waals surface area contributed by atoms with Gasteiger partial charge in [0.15, 0.2) is 5.69 Å². The maximum Gasteiger partial charge on any atom is 0.434 e. The molecule has 3 rings (SSSR count). The van der Waals surface area contributed by atoms with Crippen LogP contribution in [0.1, 0.15) is 12.6 Å². The van der Waals surface area contributed by atoms with E-state index < -0.39 is 42.2 Å². The van der Waals surface area contributed by atoms with Crippen molar-refractivity contribution in [1.82, 2.24) is 25.0 Å². The number of ether oxygens (including phenoxy) is 1. The predicted octanol–water partition coefficient (Wildman–Crippen LogP) is 2.82. The van der Waals surface area contributed by atoms with Crippen molar-refractivity contribution in [3.8, 4) is 11.4 Å². The van der Waals surface area contributed by atoms with Crippen LogP contribution in [0, 0.1) is 0 Å². The first kappa shape index (κ1) is 26.0. The van der Waals surface area contributed by atoms with E-state index in [0.717, 1.165) is 18.0 Å². The number of thioether (sulfide) groups is 1. The second-order valence-corrected chi connectivity index (χ2v) is 9.59. The van der Waals surface area contributed by atoms with E-state index in [0.29, 0.717) is 11.4 Å². The molecule has 0 radical (unpaired) electrons. The molecule has 180 valence electrons. The molecule has 15 heteroatoms. The molecule has 3 aromatic rings. The first-order chi connectivity index (χ1) is 15.6. The molecule has 0 saturated carbocycles. The number of aliphatic hydroxyl groups is 3. The number of thiazole rings is 1. The Bertz CT molecular complexity index is 1040. The molecule has 3 heterocycles. The van der Waals surface area contributed by atoms with Gasteiger partial charge in [-0.3, -0.25) is 0 Å². The second kappa shape index (κ2) is 11.2. The summed E-state index contributed by atoms with van der Waals surface area (Å²) in [7, 11) is 0. The Labute approximate surface area is 202 Å². The fourth-order valence-electron chi connectivity index (χ4n) is 2.63. The lowest BCUT2D eigenvalue weighted by atomic mass is 10.2. The zero-order valence-electron chi connectivity index (χ0n) is 16.9. The van der Waals surface area contributed by atoms with E-state index in [1.807, 2.05) is 0 Å². The van der Waals surface area contributed by atoms with Gasteiger partial charge in [0, 0.05) is 20.9 Å². The summed E-state index contributed by atoms with van der Waals surface area (Å²) >= 11 is 5.15. The smallest absolute Gasteiger partial charge is 0.394 e. The molecule has 3 N–H and O–H groups in total. The number of halogens is 4. The van der Waals surface area contributed by atoms with Crippen molar-refractivity contribution in [3.05, 3.63) is 39.5 Å². The minimum absolute atomic E-state index is 0.0814. The van der Waals surface area contributed by atoms with E-state index >= 15 is 0 Å². The number of alkyl halides is 3. The maximum atomic E-state index is 13.0. The average molecular weight is 570 g/mol. The van der Waals surface area contributed by atoms with Gasteiger partial charge in [-0.2, -0.15) is 13.2 Å². The quantitative estimate of drug-likeness (QED) is 0.249. The molecular weight excluding hydrogens is 551 g/mol. The number of pyridine rings is 1. The summed E-state index contributed by atoms with van der Waals surface area (Å²) in [5, 5.41) is 39.9. The third-order valence-corrected chi connectivity index (χ3v) is 6.63. The molecule has 0 bridgehead atoms. The van der Waals surface area contributed by atoms with E-state index in [4.69, 9.17) is 4.74 Å². The van der Waals surface area contributed by atoms with Gasteiger partial charge in [0.25, 0.3) is 0 Å². The van der Waals surface area contributed by atoms with Gasteiger partial charge in [-0.05, 0) is 28.9 Å². The maximum absolute atomic E-state index is 13.0. The average Bonchev–Trinajstić information content (AvgIpc) is 3.41. The van der Waals surface area contributed by atoms with E-state index in [1.54, 1.807) is 17.1 Å². The number of rotatable bonds is 10. The zero-order valence-corrected chi connectivity index (χ0v) is 20.1. The first-order valence-electron chi connectivity index (χ1n) is 9.39. The highest BCUT2D eigenvalue weighted by Crippen LogP contribution is 2.36. The fraction of sp³-hybridized carbons (Fsp3) is 0.444. The Balaban J connectivity index is 1.79. The molecule has 0 aliphatic heterocycles. The lowest BCUT2D eigenvalue weighted by Crippen LogP contribution is -2.39. The van der Waals surface area contributed by atoms with Gasteiger partial charge in [-0.15, -0.1) is 16.4 Å². The minimum Gasteiger partial charge on any atom is -0.394 e. The van der Waals surface area contributed by atoms with Crippen molar-refractivity contribution in [1.29, 1.82) is 0 Å². The standard InChI is InChI=1S/C18H19BrF3N5O4S2/c1-9(29)15(6-28)31-17(33-10-2-11(19)16(23-3-10)18(20,21)22)14(30)5-27-4-12(25-26-27)13-7-32-8-24-13/h2-4,7-9,14-15,17,28-30H,5-6H2,1H3/t9-,14+,15?,17?/m1/s1. The van der Waals surface area contributed by atoms with Crippen molar-refractivity contribution < 1.29 is 33.2 Å². The Morgan fingerprint density at radius 1 is 1.27 bits per heavy atom. The molecule has 0 aliphatic carbocycles. The summed E-state index contributed by atoms with van der Waals surface area (Å²) < 4.78 is 45.7. The first-order valence-corrected chi connectivity index (χ1v) is 12.0. The molecular formula is C18H19BrF3N5O4S2. The Hall–Kier alpha value is -1.62. The Kier molecular flexibility index (Phi) is 8.82. The number of aliphatic hydroxyl groups excluding tert-OH is 3. The highest BCUT2D eigenvalue weighted by atomic mass is 79.9. The monoisotopic (exact) mass is 569 g/mol. The highest BCUT2D eigenvalue weighted by molar-refractivity contribution is 9.10. The number of hydrogen-bond acceptors (Lipinski definition) is 10. The van der Waals surface area contributed by atoms with E-state index in [1.165, 1.54) is 29.0 Å². The number of hydrogen-bond donors (Lipinski definition) is 3. The van der Waals surface area contributed by atoms with Crippen molar-refractivity contribution in [3.63, 3.8) is 0 Å². The molecule has 4 atom stereocenters. The number of nitrogens with zero attached hydrogens (tertiary/aromatic N) is 5. The van der Waals surface area contributed by atoms with Crippen LogP contribution in [0.25, 0.3) is 11.4 Å². The summed E-state index contributed by atoms with van der Waals surface area (Å²) in [6.45, 7) is 0.790. The predicted molar refractivity (Wildman–Crippen MR) is 117 cm³/mol. The second-order valence-electron chi connectivity index (χ2n) is 6.85. The third-order valence-electron chi connectivity index (χ3n) is 4.29. The third kappa shape index (κ3) is 6.94. The van der Waals surface area contributed by atoms with Gasteiger partial charge in [0.05, 0.1) is 31.0 Å². The van der Waals surface area contributed by atoms with Crippen molar-refractivity contribution in [2.75, 3.05) is 6.61 Å². The molecule has 9 nitrogen and oxygen atoms in total. The molecule has 3 aromatic heterocycles. The molecule has 0 fully saturated rings. The SMILES string of the molecule is C[C@@H](O)C(CO)OC(Sc1cnc(C(F)(F)F)c(Br)c1)[C@@H](O)Cn1cc(-c2cscn2)nn1. The van der Waals surface area contributed by atoms with Gasteiger partial charge >= 0.3 is 6.18 Å². The van der Waals surface area contributed by atoms with Gasteiger partial charge in [-0.1, -0.05) is 17.0 Å². The van der Waals surface area contributed by atoms with Gasteiger partial charge in [0.1, 0.15) is 29.0 Å². The minimum atomic E-state index is -4.63. The summed E-state index contributed by atoms with van der Waals surface area (Å²) in [5.41, 5.74) is 0.596. The van der Waals surface area contributed by atoms with Crippen LogP contribution in [0.2, 0.25) is 0 Å². The Morgan fingerprint density at radius 2 is 2.03 bits per heavy atom. The van der Waals surface area contributed by atoms with Crippen molar-refractivity contribution >= 4 is 39.0 Å². The van der Waals surface area contributed by atoms with Crippen LogP contribution in [0.5, 0.6) is 0 Å². The highest BCUT2D eigenvalue weighted by Gasteiger charge is 2.35. The lowest BCUT2D eigenvalue weighted by Gasteiger charge is -2.28. The van der Waals surface area contributed by atoms with Crippen LogP contribution in [-0.2, 0) is 17.5 Å². The van der Waals surface area contributed by atoms with E-state index in [-0.39, 0.29) is 15.9 Å². The fourth-order valence-corrected chi connectivity index (χ4v) is 4.91. The summed E-state index contributed by atoms with van der Waals surface area (Å²) in [4.78, 5) is 7.85. The van der Waals surface area contributed by atoms with E-state index in [2.05, 4.69) is 36.2 Å². The lowest BCUT2D eigenvalue weighted by molar-refractivity contribution is -0.141. The van der Waals surface area contributed by atoms with Crippen LogP contribution >= 0.6 is 39.0 Å². The van der Waals surface area contributed by atoms with Crippen LogP contribution in [0.3, 0.4) is 0 Å². The molecule has 2 unspecified atom stereocenters. The van der Waals surface area contributed by atoms with Gasteiger partial charge < -0.3 is 20.1 Å². The summed E-state index contributed by atoms with van der Waals surface area (Å²) in [6, 6.07) is 1.20. The normalized spacial score (nSPS) is 15.9. The van der Waals surface area contributed by atoms with Crippen LogP contribution in [-0.4, -0.2) is 70.6 Å². The van der Waals surface area contributed by atoms with E-state index in [9.17, 15) is 28.5 Å². The van der Waals surface area contributed by atoms with Gasteiger partial charge in [0.2, 0.25) is 0 Å². The van der Waals surface area contributed by atoms with Crippen molar-refractivity contribution in [2.24, 2.45) is 0 Å². The summed E-state index contributed by atoms with van der Waals surface area (Å²) in [6.07, 6.45) is -5.39. The molecule has 0 aliphatic rings. The molecule has 0 saturated heterocycles. The zero-order chi connectivity index (χ0) is 24.2. The number of aromatic nitrogens is 5. The molecule has 0 spiro atoms. The Morgan fingerprint density at radius 3 is 2.61 bits per heavy atom. The molecule has 33 heavy (non-hydrogen) atoms. The molecule has 0 aromatic carbocycles. The molecule has 0 amide bonds. The topological polar surface area (TPSA) is 126 Å². The van der Waals surface area contributed by atoms with Crippen LogP contribution < -0.4 is 0 Å². The largest absolute Gasteiger partial charge is 0.434 e. The van der Waals surface area contributed by atoms with Crippen molar-refractivity contribution in [2.45, 2.75) is 48.3 Å². The van der Waals surface area contributed by atoms with Crippen LogP contribution in [0.4, 0.5) is 13.2 Å². The summed E-state index contributed by atoms with van der Waals surface area (Å²) in [5.74, 6) is 0. The van der Waals surface area contributed by atoms with Crippen LogP contribution in [0.15, 0.2) is 38.7 Å².